The molecule has 116 valence electrons. The first-order valence-corrected chi connectivity index (χ1v) is 6.70. The quantitative estimate of drug-likeness (QED) is 0.615. The number of rotatable bonds is 6. The Hall–Kier alpha value is -2.67. The molecule has 2 aromatic rings. The predicted octanol–water partition coefficient (Wildman–Crippen LogP) is 2.02. The lowest BCUT2D eigenvalue weighted by molar-refractivity contribution is 0.276. The highest BCUT2D eigenvalue weighted by atomic mass is 19.1. The average molecular weight is 303 g/mol. The lowest BCUT2D eigenvalue weighted by Gasteiger charge is -2.12. The summed E-state index contributed by atoms with van der Waals surface area (Å²) in [5.41, 5.74) is 1.72. The fourth-order valence-electron chi connectivity index (χ4n) is 1.87. The maximum Gasteiger partial charge on any atom is 0.148 e. The third kappa shape index (κ3) is 3.70. The summed E-state index contributed by atoms with van der Waals surface area (Å²) < 4.78 is 15.7. The van der Waals surface area contributed by atoms with Crippen LogP contribution in [0.2, 0.25) is 0 Å². The summed E-state index contributed by atoms with van der Waals surface area (Å²) >= 11 is 0. The molecule has 0 fully saturated rings. The van der Waals surface area contributed by atoms with Crippen LogP contribution in [0.25, 0.3) is 5.69 Å². The molecule has 4 N–H and O–H groups in total. The van der Waals surface area contributed by atoms with Crippen LogP contribution in [0.1, 0.15) is 12.6 Å². The minimum absolute atomic E-state index is 0.158. The molecule has 0 atom stereocenters. The number of nitrogens with one attached hydrogen (secondary N) is 3. The molecule has 1 aromatic carbocycles. The Morgan fingerprint density at radius 3 is 2.77 bits per heavy atom. The van der Waals surface area contributed by atoms with Crippen LogP contribution < -0.4 is 10.6 Å². The van der Waals surface area contributed by atoms with E-state index in [1.165, 1.54) is 10.7 Å². The van der Waals surface area contributed by atoms with Gasteiger partial charge in [0.1, 0.15) is 11.6 Å². The third-order valence-electron chi connectivity index (χ3n) is 2.92. The highest BCUT2D eigenvalue weighted by Crippen LogP contribution is 2.19. The van der Waals surface area contributed by atoms with E-state index in [1.807, 2.05) is 0 Å². The first kappa shape index (κ1) is 15.7. The highest BCUT2D eigenvalue weighted by Gasteiger charge is 2.07. The monoisotopic (exact) mass is 303 g/mol. The van der Waals surface area contributed by atoms with Crippen molar-refractivity contribution in [1.29, 1.82) is 5.41 Å². The van der Waals surface area contributed by atoms with Crippen LogP contribution in [0.5, 0.6) is 0 Å². The van der Waals surface area contributed by atoms with Crippen molar-refractivity contribution in [3.8, 4) is 5.69 Å². The molecule has 0 aliphatic heterocycles. The second-order valence-electron chi connectivity index (χ2n) is 4.69. The summed E-state index contributed by atoms with van der Waals surface area (Å²) in [5.74, 6) is 0.0862. The Morgan fingerprint density at radius 2 is 2.23 bits per heavy atom. The van der Waals surface area contributed by atoms with Crippen molar-refractivity contribution in [2.45, 2.75) is 13.5 Å². The van der Waals surface area contributed by atoms with E-state index in [2.05, 4.69) is 15.7 Å². The van der Waals surface area contributed by atoms with E-state index in [1.54, 1.807) is 44.4 Å². The molecule has 0 saturated heterocycles. The summed E-state index contributed by atoms with van der Waals surface area (Å²) in [6.45, 7) is 1.48. The van der Waals surface area contributed by atoms with E-state index >= 15 is 0 Å². The van der Waals surface area contributed by atoms with Gasteiger partial charge in [0.25, 0.3) is 0 Å². The van der Waals surface area contributed by atoms with Crippen molar-refractivity contribution in [3.63, 3.8) is 0 Å². The summed E-state index contributed by atoms with van der Waals surface area (Å²) in [4.78, 5) is 0. The molecule has 1 aromatic heterocycles. The Bertz CT molecular complexity index is 708. The zero-order chi connectivity index (χ0) is 16.1. The van der Waals surface area contributed by atoms with E-state index in [0.29, 0.717) is 28.6 Å². The molecule has 0 amide bonds. The summed E-state index contributed by atoms with van der Waals surface area (Å²) in [6.07, 6.45) is 3.22. The van der Waals surface area contributed by atoms with Gasteiger partial charge in [0.2, 0.25) is 0 Å². The van der Waals surface area contributed by atoms with Gasteiger partial charge in [-0.25, -0.2) is 9.07 Å². The van der Waals surface area contributed by atoms with Crippen molar-refractivity contribution in [1.82, 2.24) is 15.1 Å². The lowest BCUT2D eigenvalue weighted by Crippen LogP contribution is -2.16. The third-order valence-corrected chi connectivity index (χ3v) is 2.92. The van der Waals surface area contributed by atoms with E-state index < -0.39 is 5.82 Å². The van der Waals surface area contributed by atoms with Gasteiger partial charge in [0.05, 0.1) is 23.7 Å². The Balaban J connectivity index is 2.24. The van der Waals surface area contributed by atoms with E-state index in [-0.39, 0.29) is 6.61 Å². The van der Waals surface area contributed by atoms with Crippen LogP contribution in [0.3, 0.4) is 0 Å². The molecule has 0 radical (unpaired) electrons. The topological polar surface area (TPSA) is 86.0 Å². The van der Waals surface area contributed by atoms with Gasteiger partial charge in [-0.1, -0.05) is 0 Å². The smallest absolute Gasteiger partial charge is 0.148 e. The molecule has 0 unspecified atom stereocenters. The Morgan fingerprint density at radius 1 is 1.45 bits per heavy atom. The van der Waals surface area contributed by atoms with Crippen LogP contribution in [0.4, 0.5) is 10.1 Å². The maximum atomic E-state index is 14.2. The van der Waals surface area contributed by atoms with Crippen LogP contribution >= 0.6 is 0 Å². The molecule has 7 heteroatoms. The number of anilines is 1. The first-order valence-electron chi connectivity index (χ1n) is 6.70. The number of aliphatic hydroxyl groups excluding tert-OH is 1. The van der Waals surface area contributed by atoms with Gasteiger partial charge < -0.3 is 21.1 Å². The SMILES string of the molecule is CN/C(=C\C(C)=N)Nc1ccc(-n2ccc(CO)n2)cc1F. The number of halogens is 1. The van der Waals surface area contributed by atoms with Gasteiger partial charge in [-0.15, -0.1) is 0 Å². The van der Waals surface area contributed by atoms with Crippen molar-refractivity contribution in [2.75, 3.05) is 12.4 Å². The number of allylic oxidation sites excluding steroid dienone is 1. The Kier molecular flexibility index (Phi) is 4.90. The molecule has 0 saturated carbocycles. The van der Waals surface area contributed by atoms with Crippen LogP contribution in [-0.4, -0.2) is 27.6 Å². The van der Waals surface area contributed by atoms with Gasteiger partial charge in [-0.05, 0) is 31.2 Å². The van der Waals surface area contributed by atoms with Crippen molar-refractivity contribution >= 4 is 11.4 Å². The molecule has 0 spiro atoms. The number of hydrogen-bond donors (Lipinski definition) is 4. The molecule has 6 nitrogen and oxygen atoms in total. The van der Waals surface area contributed by atoms with E-state index in [9.17, 15) is 4.39 Å². The van der Waals surface area contributed by atoms with Crippen LogP contribution in [0.15, 0.2) is 42.4 Å². The second-order valence-corrected chi connectivity index (χ2v) is 4.69. The molecule has 0 aliphatic rings. The van der Waals surface area contributed by atoms with Crippen molar-refractivity contribution < 1.29 is 9.50 Å². The fourth-order valence-corrected chi connectivity index (χ4v) is 1.87. The van der Waals surface area contributed by atoms with Crippen molar-refractivity contribution in [2.24, 2.45) is 0 Å². The van der Waals surface area contributed by atoms with Gasteiger partial charge in [-0.3, -0.25) is 0 Å². The largest absolute Gasteiger partial charge is 0.390 e. The summed E-state index contributed by atoms with van der Waals surface area (Å²) in [5, 5.41) is 26.3. The molecule has 1 heterocycles. The number of aliphatic hydroxyl groups is 1. The molecular weight excluding hydrogens is 285 g/mol. The van der Waals surface area contributed by atoms with Crippen LogP contribution in [0, 0.1) is 11.2 Å². The molecule has 0 aliphatic carbocycles. The van der Waals surface area contributed by atoms with Crippen LogP contribution in [-0.2, 0) is 6.61 Å². The number of nitrogens with zero attached hydrogens (tertiary/aromatic N) is 2. The number of aromatic nitrogens is 2. The minimum atomic E-state index is -0.442. The molecule has 2 rings (SSSR count). The summed E-state index contributed by atoms with van der Waals surface area (Å²) in [7, 11) is 1.69. The zero-order valence-electron chi connectivity index (χ0n) is 12.4. The fraction of sp³-hybridized carbons (Fsp3) is 0.200. The van der Waals surface area contributed by atoms with Crippen molar-refractivity contribution in [3.05, 3.63) is 53.9 Å². The normalized spacial score (nSPS) is 11.4. The lowest BCUT2D eigenvalue weighted by atomic mass is 10.2. The van der Waals surface area contributed by atoms with Gasteiger partial charge >= 0.3 is 0 Å². The second kappa shape index (κ2) is 6.86. The highest BCUT2D eigenvalue weighted by molar-refractivity contribution is 5.90. The Labute approximate surface area is 127 Å². The number of hydrogen-bond acceptors (Lipinski definition) is 5. The predicted molar refractivity (Wildman–Crippen MR) is 83.6 cm³/mol. The standard InChI is InChI=1S/C15H18FN5O/c1-10(17)7-15(18-2)19-14-4-3-12(8-13(14)16)21-6-5-11(9-22)20-21/h3-8,17-19,22H,9H2,1-2H3/b15-7+,17-10?. The molecule has 0 bridgehead atoms. The van der Waals surface area contributed by atoms with E-state index in [0.717, 1.165) is 0 Å². The van der Waals surface area contributed by atoms with Gasteiger partial charge in [0, 0.05) is 25.0 Å². The van der Waals surface area contributed by atoms with E-state index in [4.69, 9.17) is 10.5 Å². The average Bonchev–Trinajstić information content (AvgIpc) is 2.97. The molecule has 22 heavy (non-hydrogen) atoms. The maximum absolute atomic E-state index is 14.2. The first-order chi connectivity index (χ1) is 10.5. The summed E-state index contributed by atoms with van der Waals surface area (Å²) in [6, 6.07) is 6.32. The van der Waals surface area contributed by atoms with Gasteiger partial charge in [-0.2, -0.15) is 5.10 Å². The number of benzene rings is 1. The molecular formula is C15H18FN5O. The van der Waals surface area contributed by atoms with Gasteiger partial charge in [0.15, 0.2) is 0 Å². The zero-order valence-corrected chi connectivity index (χ0v) is 12.4. The minimum Gasteiger partial charge on any atom is -0.390 e.